The van der Waals surface area contributed by atoms with E-state index < -0.39 is 0 Å². The predicted octanol–water partition coefficient (Wildman–Crippen LogP) is 1.44. The monoisotopic (exact) mass is 301 g/mol. The maximum Gasteiger partial charge on any atom is 0.270 e. The molecule has 0 radical (unpaired) electrons. The van der Waals surface area contributed by atoms with Crippen LogP contribution in [-0.2, 0) is 11.3 Å². The van der Waals surface area contributed by atoms with Crippen LogP contribution in [0, 0.1) is 0 Å². The largest absolute Gasteiger partial charge is 0.494 e. The van der Waals surface area contributed by atoms with Crippen molar-refractivity contribution in [2.24, 2.45) is 0 Å². The maximum absolute atomic E-state index is 12.0. The molecule has 1 heterocycles. The van der Waals surface area contributed by atoms with E-state index in [4.69, 9.17) is 4.74 Å². The van der Waals surface area contributed by atoms with Gasteiger partial charge in [0.1, 0.15) is 12.2 Å². The zero-order valence-corrected chi connectivity index (χ0v) is 12.9. The summed E-state index contributed by atoms with van der Waals surface area (Å²) in [7, 11) is 1.48. The molecule has 22 heavy (non-hydrogen) atoms. The number of benzene rings is 1. The summed E-state index contributed by atoms with van der Waals surface area (Å²) in [6.45, 7) is 3.59. The molecule has 1 N–H and O–H groups in total. The molecule has 0 fully saturated rings. The van der Waals surface area contributed by atoms with Crippen LogP contribution in [0.5, 0.6) is 5.75 Å². The minimum absolute atomic E-state index is 0.00930. The Hall–Kier alpha value is -2.63. The standard InChI is InChI=1S/C16H19N3O3/c1-11(2)17-14(20)10-19-15(21)9-13(22-3)16(18-19)12-7-5-4-6-8-12/h4-9,11H,10H2,1-3H3,(H,17,20). The Morgan fingerprint density at radius 3 is 2.59 bits per heavy atom. The lowest BCUT2D eigenvalue weighted by Crippen LogP contribution is -2.37. The fourth-order valence-electron chi connectivity index (χ4n) is 2.04. The van der Waals surface area contributed by atoms with Crippen LogP contribution in [0.2, 0.25) is 0 Å². The number of rotatable bonds is 5. The third-order valence-electron chi connectivity index (χ3n) is 2.97. The number of carbonyl (C=O) groups excluding carboxylic acids is 1. The zero-order chi connectivity index (χ0) is 16.1. The minimum Gasteiger partial charge on any atom is -0.494 e. The molecule has 1 aromatic heterocycles. The molecule has 1 aromatic carbocycles. The predicted molar refractivity (Wildman–Crippen MR) is 83.8 cm³/mol. The number of nitrogens with zero attached hydrogens (tertiary/aromatic N) is 2. The third kappa shape index (κ3) is 3.72. The van der Waals surface area contributed by atoms with Crippen molar-refractivity contribution in [2.45, 2.75) is 26.4 Å². The molecule has 6 nitrogen and oxygen atoms in total. The van der Waals surface area contributed by atoms with Crippen molar-refractivity contribution in [1.82, 2.24) is 15.1 Å². The highest BCUT2D eigenvalue weighted by Gasteiger charge is 2.13. The van der Waals surface area contributed by atoms with Crippen LogP contribution in [0.4, 0.5) is 0 Å². The van der Waals surface area contributed by atoms with Crippen molar-refractivity contribution in [3.05, 3.63) is 46.8 Å². The van der Waals surface area contributed by atoms with Gasteiger partial charge in [-0.05, 0) is 13.8 Å². The molecule has 0 aliphatic rings. The lowest BCUT2D eigenvalue weighted by atomic mass is 10.1. The highest BCUT2D eigenvalue weighted by Crippen LogP contribution is 2.25. The molecule has 0 saturated carbocycles. The van der Waals surface area contributed by atoms with Crippen molar-refractivity contribution in [3.63, 3.8) is 0 Å². The topological polar surface area (TPSA) is 73.2 Å². The fraction of sp³-hybridized carbons (Fsp3) is 0.312. The van der Waals surface area contributed by atoms with E-state index in [1.165, 1.54) is 13.2 Å². The smallest absolute Gasteiger partial charge is 0.270 e. The van der Waals surface area contributed by atoms with E-state index >= 15 is 0 Å². The summed E-state index contributed by atoms with van der Waals surface area (Å²) in [4.78, 5) is 23.9. The van der Waals surface area contributed by atoms with Crippen LogP contribution >= 0.6 is 0 Å². The average molecular weight is 301 g/mol. The number of hydrogen-bond acceptors (Lipinski definition) is 4. The van der Waals surface area contributed by atoms with Crippen LogP contribution in [0.25, 0.3) is 11.3 Å². The Balaban J connectivity index is 2.40. The van der Waals surface area contributed by atoms with Gasteiger partial charge in [0, 0.05) is 17.7 Å². The van der Waals surface area contributed by atoms with E-state index in [-0.39, 0.29) is 24.1 Å². The van der Waals surface area contributed by atoms with E-state index in [0.29, 0.717) is 11.4 Å². The number of nitrogens with one attached hydrogen (secondary N) is 1. The van der Waals surface area contributed by atoms with E-state index in [2.05, 4.69) is 10.4 Å². The van der Waals surface area contributed by atoms with E-state index in [1.54, 1.807) is 0 Å². The van der Waals surface area contributed by atoms with Gasteiger partial charge in [-0.3, -0.25) is 9.59 Å². The lowest BCUT2D eigenvalue weighted by Gasteiger charge is -2.12. The Morgan fingerprint density at radius 1 is 1.32 bits per heavy atom. The van der Waals surface area contributed by atoms with Crippen molar-refractivity contribution in [1.29, 1.82) is 0 Å². The summed E-state index contributed by atoms with van der Waals surface area (Å²) in [6.07, 6.45) is 0. The summed E-state index contributed by atoms with van der Waals surface area (Å²) in [5, 5.41) is 7.02. The van der Waals surface area contributed by atoms with Gasteiger partial charge in [-0.1, -0.05) is 30.3 Å². The summed E-state index contributed by atoms with van der Waals surface area (Å²) >= 11 is 0. The minimum atomic E-state index is -0.379. The van der Waals surface area contributed by atoms with E-state index in [1.807, 2.05) is 44.2 Å². The van der Waals surface area contributed by atoms with Gasteiger partial charge in [0.15, 0.2) is 5.75 Å². The highest BCUT2D eigenvalue weighted by molar-refractivity contribution is 5.76. The summed E-state index contributed by atoms with van der Waals surface area (Å²) < 4.78 is 6.37. The van der Waals surface area contributed by atoms with Gasteiger partial charge in [0.05, 0.1) is 7.11 Å². The SMILES string of the molecule is COc1cc(=O)n(CC(=O)NC(C)C)nc1-c1ccccc1. The number of aromatic nitrogens is 2. The Morgan fingerprint density at radius 2 is 2.00 bits per heavy atom. The molecule has 6 heteroatoms. The molecular weight excluding hydrogens is 282 g/mol. The van der Waals surface area contributed by atoms with Crippen LogP contribution < -0.4 is 15.6 Å². The molecule has 0 saturated heterocycles. The van der Waals surface area contributed by atoms with Crippen LogP contribution in [0.15, 0.2) is 41.2 Å². The molecule has 0 aliphatic carbocycles. The van der Waals surface area contributed by atoms with Crippen molar-refractivity contribution in [3.8, 4) is 17.0 Å². The second-order valence-corrected chi connectivity index (χ2v) is 5.15. The number of hydrogen-bond donors (Lipinski definition) is 1. The number of amides is 1. The Kier molecular flexibility index (Phi) is 4.93. The maximum atomic E-state index is 12.0. The van der Waals surface area contributed by atoms with Crippen molar-refractivity contribution < 1.29 is 9.53 Å². The molecule has 0 aliphatic heterocycles. The first-order valence-electron chi connectivity index (χ1n) is 7.02. The van der Waals surface area contributed by atoms with E-state index in [0.717, 1.165) is 10.2 Å². The van der Waals surface area contributed by atoms with Crippen LogP contribution in [0.3, 0.4) is 0 Å². The molecule has 0 unspecified atom stereocenters. The van der Waals surface area contributed by atoms with E-state index in [9.17, 15) is 9.59 Å². The Bertz CT molecular complexity index is 708. The first-order valence-corrected chi connectivity index (χ1v) is 7.02. The second kappa shape index (κ2) is 6.89. The molecule has 0 spiro atoms. The van der Waals surface area contributed by atoms with Gasteiger partial charge >= 0.3 is 0 Å². The Labute approximate surface area is 128 Å². The molecule has 1 amide bonds. The highest BCUT2D eigenvalue weighted by atomic mass is 16.5. The van der Waals surface area contributed by atoms with Gasteiger partial charge < -0.3 is 10.1 Å². The van der Waals surface area contributed by atoms with Crippen molar-refractivity contribution >= 4 is 5.91 Å². The third-order valence-corrected chi connectivity index (χ3v) is 2.97. The van der Waals surface area contributed by atoms with Gasteiger partial charge in [-0.15, -0.1) is 0 Å². The quantitative estimate of drug-likeness (QED) is 0.907. The fourth-order valence-corrected chi connectivity index (χ4v) is 2.04. The molecule has 116 valence electrons. The molecular formula is C16H19N3O3. The summed E-state index contributed by atoms with van der Waals surface area (Å²) in [5.74, 6) is 0.130. The molecule has 2 rings (SSSR count). The zero-order valence-electron chi connectivity index (χ0n) is 12.9. The number of carbonyl (C=O) groups is 1. The van der Waals surface area contributed by atoms with Crippen LogP contribution in [0.1, 0.15) is 13.8 Å². The van der Waals surface area contributed by atoms with Gasteiger partial charge in [-0.25, -0.2) is 4.68 Å². The number of ether oxygens (including phenoxy) is 1. The van der Waals surface area contributed by atoms with Gasteiger partial charge in [-0.2, -0.15) is 5.10 Å². The first kappa shape index (κ1) is 15.8. The van der Waals surface area contributed by atoms with Crippen LogP contribution in [-0.4, -0.2) is 28.8 Å². The first-order chi connectivity index (χ1) is 10.5. The molecule has 0 atom stereocenters. The lowest BCUT2D eigenvalue weighted by molar-refractivity contribution is -0.122. The average Bonchev–Trinajstić information content (AvgIpc) is 2.49. The normalized spacial score (nSPS) is 10.5. The van der Waals surface area contributed by atoms with Gasteiger partial charge in [0.2, 0.25) is 5.91 Å². The molecule has 2 aromatic rings. The summed E-state index contributed by atoms with van der Waals surface area (Å²) in [6, 6.07) is 10.7. The van der Waals surface area contributed by atoms with Gasteiger partial charge in [0.25, 0.3) is 5.56 Å². The summed E-state index contributed by atoms with van der Waals surface area (Å²) in [5.41, 5.74) is 0.966. The number of methoxy groups -OCH3 is 1. The second-order valence-electron chi connectivity index (χ2n) is 5.15. The van der Waals surface area contributed by atoms with Crippen molar-refractivity contribution in [2.75, 3.05) is 7.11 Å². The molecule has 0 bridgehead atoms.